The van der Waals surface area contributed by atoms with Crippen LogP contribution in [-0.2, 0) is 23.4 Å². The first kappa shape index (κ1) is 16.2. The molecule has 196 valence electrons. The van der Waals surface area contributed by atoms with E-state index >= 15 is 0 Å². The number of sulfonamides is 1. The van der Waals surface area contributed by atoms with Crippen LogP contribution in [0.3, 0.4) is 0 Å². The molecule has 10 nitrogen and oxygen atoms in total. The quantitative estimate of drug-likeness (QED) is 0.394. The van der Waals surface area contributed by atoms with Crippen LogP contribution in [0.15, 0.2) is 27.9 Å². The molecular formula is C25H36N6O4S. The predicted octanol–water partition coefficient (Wildman–Crippen LogP) is 2.83. The fraction of sp³-hybridized carbons (Fsp3) is 0.560. The van der Waals surface area contributed by atoms with Crippen LogP contribution in [0.4, 0.5) is 0 Å². The van der Waals surface area contributed by atoms with Gasteiger partial charge in [0, 0.05) is 33.3 Å². The van der Waals surface area contributed by atoms with Crippen molar-refractivity contribution in [1.82, 2.24) is 29.4 Å². The Balaban J connectivity index is 1.84. The average Bonchev–Trinajstić information content (AvgIpc) is 3.54. The number of benzene rings is 1. The Hall–Kier alpha value is -2.76. The van der Waals surface area contributed by atoms with Crippen molar-refractivity contribution < 1.29 is 26.9 Å². The molecular weight excluding hydrogens is 480 g/mol. The van der Waals surface area contributed by atoms with Crippen molar-refractivity contribution in [1.29, 1.82) is 0 Å². The third-order valence-corrected chi connectivity index (χ3v) is 7.35. The summed E-state index contributed by atoms with van der Waals surface area (Å²) in [6.45, 7) is -3.90. The molecule has 3 heterocycles. The molecule has 0 radical (unpaired) electrons. The molecule has 36 heavy (non-hydrogen) atoms. The summed E-state index contributed by atoms with van der Waals surface area (Å²) < 4.78 is 114. The zero-order valence-corrected chi connectivity index (χ0v) is 20.9. The van der Waals surface area contributed by atoms with Crippen molar-refractivity contribution in [2.75, 3.05) is 26.7 Å². The average molecular weight is 527 g/mol. The lowest BCUT2D eigenvalue weighted by Crippen LogP contribution is -2.31. The second-order valence-corrected chi connectivity index (χ2v) is 10.3. The molecule has 1 aliphatic rings. The molecule has 1 aliphatic heterocycles. The Morgan fingerprint density at radius 1 is 1.39 bits per heavy atom. The van der Waals surface area contributed by atoms with Crippen LogP contribution >= 0.6 is 0 Å². The number of ether oxygens (including phenoxy) is 1. The lowest BCUT2D eigenvalue weighted by Gasteiger charge is -2.19. The normalized spacial score (nSPS) is 22.3. The Morgan fingerprint density at radius 3 is 2.97 bits per heavy atom. The number of likely N-dealkylation sites (tertiary alicyclic amines) is 1. The summed E-state index contributed by atoms with van der Waals surface area (Å²) in [6, 6.07) is 3.26. The summed E-state index contributed by atoms with van der Waals surface area (Å²) in [5.74, 6) is -0.168. The van der Waals surface area contributed by atoms with Gasteiger partial charge >= 0.3 is 0 Å². The van der Waals surface area contributed by atoms with Gasteiger partial charge in [-0.3, -0.25) is 9.48 Å². The van der Waals surface area contributed by atoms with Gasteiger partial charge in [0.15, 0.2) is 5.52 Å². The number of hydrogen-bond donors (Lipinski definition) is 2. The maximum Gasteiger partial charge on any atom is 0.277 e. The first-order valence-corrected chi connectivity index (χ1v) is 13.1. The van der Waals surface area contributed by atoms with Gasteiger partial charge in [0.25, 0.3) is 5.56 Å². The molecule has 4 rings (SSSR count). The molecule has 1 fully saturated rings. The van der Waals surface area contributed by atoms with Crippen LogP contribution in [0.5, 0.6) is 5.75 Å². The standard InChI is InChI=1S/C25H36N6O4S/c1-5-8-20-22-23(31(4)29-20)25(32)28-24(27-22)19-16-18(10-11-21(19)35-15-6-2)36(33,34)26-13-12-17-9-7-14-30(17)3/h10-11,16-17,26H,5-9,12-15H2,1-4H3,(H,27,28,32)/i1D3,4D3,5D2,12D2. The maximum absolute atomic E-state index is 13.4. The van der Waals surface area contributed by atoms with Crippen molar-refractivity contribution in [3.63, 3.8) is 0 Å². The fourth-order valence-corrected chi connectivity index (χ4v) is 5.08. The molecule has 0 saturated carbocycles. The van der Waals surface area contributed by atoms with E-state index in [4.69, 9.17) is 18.4 Å². The summed E-state index contributed by atoms with van der Waals surface area (Å²) in [6.07, 6.45) is -3.72. The van der Waals surface area contributed by atoms with E-state index in [1.807, 2.05) is 11.8 Å². The van der Waals surface area contributed by atoms with Crippen molar-refractivity contribution in [2.24, 2.45) is 6.98 Å². The van der Waals surface area contributed by atoms with E-state index in [0.717, 1.165) is 12.5 Å². The summed E-state index contributed by atoms with van der Waals surface area (Å²) >= 11 is 0. The Kier molecular flexibility index (Phi) is 4.98. The van der Waals surface area contributed by atoms with Gasteiger partial charge in [-0.25, -0.2) is 18.1 Å². The Bertz CT molecular complexity index is 1750. The number of aromatic amines is 1. The summed E-state index contributed by atoms with van der Waals surface area (Å²) in [5, 5.41) is 3.87. The fourth-order valence-electron chi connectivity index (χ4n) is 4.12. The Labute approximate surface area is 226 Å². The van der Waals surface area contributed by atoms with Crippen LogP contribution < -0.4 is 15.0 Å². The number of nitrogens with one attached hydrogen (secondary N) is 2. The van der Waals surface area contributed by atoms with Gasteiger partial charge in [0.1, 0.15) is 17.1 Å². The van der Waals surface area contributed by atoms with Crippen LogP contribution in [-0.4, -0.2) is 65.9 Å². The molecule has 2 N–H and O–H groups in total. The smallest absolute Gasteiger partial charge is 0.277 e. The van der Waals surface area contributed by atoms with Crippen molar-refractivity contribution in [3.8, 4) is 17.1 Å². The molecule has 0 amide bonds. The van der Waals surface area contributed by atoms with Gasteiger partial charge in [-0.15, -0.1) is 0 Å². The highest BCUT2D eigenvalue weighted by Gasteiger charge is 2.23. The van der Waals surface area contributed by atoms with Gasteiger partial charge in [0.05, 0.1) is 22.8 Å². The van der Waals surface area contributed by atoms with Crippen LogP contribution in [0.25, 0.3) is 22.4 Å². The molecule has 3 aromatic rings. The van der Waals surface area contributed by atoms with E-state index < -0.39 is 72.4 Å². The van der Waals surface area contributed by atoms with E-state index in [1.165, 1.54) is 12.1 Å². The minimum Gasteiger partial charge on any atom is -0.493 e. The number of nitrogens with zero attached hydrogens (tertiary/aromatic N) is 4. The van der Waals surface area contributed by atoms with Crippen molar-refractivity contribution in [2.45, 2.75) is 63.1 Å². The minimum atomic E-state index is -4.31. The van der Waals surface area contributed by atoms with Gasteiger partial charge in [-0.05, 0) is 63.8 Å². The second kappa shape index (κ2) is 11.1. The zero-order valence-electron chi connectivity index (χ0n) is 30.1. The highest BCUT2D eigenvalue weighted by Crippen LogP contribution is 2.31. The number of rotatable bonds is 11. The molecule has 1 atom stereocenters. The van der Waals surface area contributed by atoms with Crippen LogP contribution in [0, 0.1) is 0 Å². The van der Waals surface area contributed by atoms with Crippen molar-refractivity contribution in [3.05, 3.63) is 34.2 Å². The van der Waals surface area contributed by atoms with E-state index in [1.54, 1.807) is 7.05 Å². The first-order valence-electron chi connectivity index (χ1n) is 16.6. The number of fused-ring (bicyclic) bond motifs is 1. The van der Waals surface area contributed by atoms with E-state index in [0.29, 0.717) is 24.1 Å². The molecule has 1 saturated heterocycles. The minimum absolute atomic E-state index is 0.0275. The van der Waals surface area contributed by atoms with Gasteiger partial charge in [-0.1, -0.05) is 20.1 Å². The molecule has 1 unspecified atom stereocenters. The number of aryl methyl sites for hydroxylation is 2. The number of aromatic nitrogens is 4. The summed E-state index contributed by atoms with van der Waals surface area (Å²) in [4.78, 5) is 21.7. The summed E-state index contributed by atoms with van der Waals surface area (Å²) in [5.41, 5.74) is -2.38. The highest BCUT2D eigenvalue weighted by molar-refractivity contribution is 7.89. The third-order valence-electron chi connectivity index (χ3n) is 5.96. The molecule has 0 bridgehead atoms. The third kappa shape index (κ3) is 5.47. The molecule has 0 aliphatic carbocycles. The second-order valence-electron chi connectivity index (χ2n) is 8.50. The van der Waals surface area contributed by atoms with Gasteiger partial charge in [-0.2, -0.15) is 5.10 Å². The number of hydrogen-bond acceptors (Lipinski definition) is 7. The largest absolute Gasteiger partial charge is 0.493 e. The molecule has 0 spiro atoms. The Morgan fingerprint density at radius 2 is 2.25 bits per heavy atom. The molecule has 11 heteroatoms. The monoisotopic (exact) mass is 526 g/mol. The van der Waals surface area contributed by atoms with Gasteiger partial charge in [0.2, 0.25) is 10.0 Å². The van der Waals surface area contributed by atoms with E-state index in [-0.39, 0.29) is 34.2 Å². The lowest BCUT2D eigenvalue weighted by molar-refractivity contribution is 0.297. The lowest BCUT2D eigenvalue weighted by atomic mass is 10.1. The zero-order chi connectivity index (χ0) is 34.5. The van der Waals surface area contributed by atoms with Gasteiger partial charge < -0.3 is 14.6 Å². The summed E-state index contributed by atoms with van der Waals surface area (Å²) in [7, 11) is -2.53. The van der Waals surface area contributed by atoms with E-state index in [9.17, 15) is 13.2 Å². The highest BCUT2D eigenvalue weighted by atomic mass is 32.2. The number of H-pyrrole nitrogens is 1. The maximum atomic E-state index is 13.4. The van der Waals surface area contributed by atoms with E-state index in [2.05, 4.69) is 19.8 Å². The predicted molar refractivity (Wildman–Crippen MR) is 140 cm³/mol. The SMILES string of the molecule is [2H]C([2H])(CNS(=O)(=O)c1ccc(OCCC)c(-c2nc3c(CC([2H])([2H])C([2H])([2H])[2H])nn(C([2H])([2H])[2H])c3c(=O)[nH]2)c1)C1CCCN1C. The molecule has 1 aromatic carbocycles. The van der Waals surface area contributed by atoms with Crippen LogP contribution in [0.1, 0.15) is 65.2 Å². The van der Waals surface area contributed by atoms with Crippen LogP contribution in [0.2, 0.25) is 0 Å². The first-order chi connectivity index (χ1) is 21.1. The topological polar surface area (TPSA) is 122 Å². The van der Waals surface area contributed by atoms with Crippen molar-refractivity contribution >= 4 is 21.1 Å². The molecule has 2 aromatic heterocycles.